The molecule has 5 nitrogen and oxygen atoms in total. The summed E-state index contributed by atoms with van der Waals surface area (Å²) >= 11 is 0. The van der Waals surface area contributed by atoms with Gasteiger partial charge in [-0.2, -0.15) is 0 Å². The number of methoxy groups -OCH3 is 1. The zero-order chi connectivity index (χ0) is 23.0. The van der Waals surface area contributed by atoms with E-state index in [1.807, 2.05) is 0 Å². The third kappa shape index (κ3) is 7.68. The highest BCUT2D eigenvalue weighted by Crippen LogP contribution is 2.30. The first kappa shape index (κ1) is 24.3. The number of nitrogens with one attached hydrogen (secondary N) is 1. The van der Waals surface area contributed by atoms with Gasteiger partial charge in [-0.15, -0.1) is 0 Å². The summed E-state index contributed by atoms with van der Waals surface area (Å²) in [5, 5.41) is 2.71. The minimum atomic E-state index is -0.703. The number of halogens is 2. The van der Waals surface area contributed by atoms with E-state index in [2.05, 4.69) is 37.9 Å². The minimum absolute atomic E-state index is 0.256. The fourth-order valence-electron chi connectivity index (χ4n) is 3.27. The third-order valence-corrected chi connectivity index (χ3v) is 4.68. The first-order chi connectivity index (χ1) is 14.7. The van der Waals surface area contributed by atoms with Crippen LogP contribution in [0.5, 0.6) is 11.5 Å². The van der Waals surface area contributed by atoms with Crippen molar-refractivity contribution in [3.8, 4) is 11.5 Å². The number of carbonyl (C=O) groups is 1. The Bertz CT molecular complexity index is 885. The van der Waals surface area contributed by atoms with Crippen LogP contribution in [0.4, 0.5) is 14.5 Å². The Morgan fingerprint density at radius 1 is 1.03 bits per heavy atom. The second-order valence-corrected chi connectivity index (χ2v) is 7.66. The SMILES string of the molecule is COc1ccc(NC(=O)/C=C/c2cc(F)cc(F)c2)cc1OCCN(C(C)C)C(C)C. The molecule has 2 aromatic carbocycles. The molecule has 31 heavy (non-hydrogen) atoms. The Kier molecular flexibility index (Phi) is 9.00. The molecule has 0 unspecified atom stereocenters. The molecule has 0 heterocycles. The highest BCUT2D eigenvalue weighted by Gasteiger charge is 2.14. The number of hydrogen-bond donors (Lipinski definition) is 1. The quantitative estimate of drug-likeness (QED) is 0.529. The predicted octanol–water partition coefficient (Wildman–Crippen LogP) is 5.12. The van der Waals surface area contributed by atoms with Gasteiger partial charge in [-0.3, -0.25) is 9.69 Å². The van der Waals surface area contributed by atoms with Gasteiger partial charge >= 0.3 is 0 Å². The van der Waals surface area contributed by atoms with Gasteiger partial charge in [-0.25, -0.2) is 8.78 Å². The van der Waals surface area contributed by atoms with Crippen molar-refractivity contribution in [2.24, 2.45) is 0 Å². The van der Waals surface area contributed by atoms with E-state index in [0.29, 0.717) is 35.9 Å². The van der Waals surface area contributed by atoms with E-state index in [0.717, 1.165) is 24.7 Å². The lowest BCUT2D eigenvalue weighted by atomic mass is 10.2. The molecule has 0 bridgehead atoms. The Balaban J connectivity index is 2.03. The fraction of sp³-hybridized carbons (Fsp3) is 0.375. The van der Waals surface area contributed by atoms with Gasteiger partial charge in [-0.05, 0) is 63.6 Å². The van der Waals surface area contributed by atoms with Crippen molar-refractivity contribution in [1.29, 1.82) is 0 Å². The molecule has 1 N–H and O–H groups in total. The highest BCUT2D eigenvalue weighted by molar-refractivity contribution is 6.02. The van der Waals surface area contributed by atoms with Crippen molar-refractivity contribution < 1.29 is 23.0 Å². The fourth-order valence-corrected chi connectivity index (χ4v) is 3.27. The van der Waals surface area contributed by atoms with Crippen LogP contribution in [0.15, 0.2) is 42.5 Å². The molecule has 0 spiro atoms. The number of hydrogen-bond acceptors (Lipinski definition) is 4. The van der Waals surface area contributed by atoms with Crippen LogP contribution < -0.4 is 14.8 Å². The Hall–Kier alpha value is -2.93. The molecular formula is C24H30F2N2O3. The average molecular weight is 433 g/mol. The number of amides is 1. The maximum absolute atomic E-state index is 13.3. The van der Waals surface area contributed by atoms with E-state index in [9.17, 15) is 13.6 Å². The lowest BCUT2D eigenvalue weighted by molar-refractivity contribution is -0.111. The van der Waals surface area contributed by atoms with E-state index < -0.39 is 17.5 Å². The van der Waals surface area contributed by atoms with Crippen molar-refractivity contribution in [2.75, 3.05) is 25.6 Å². The maximum Gasteiger partial charge on any atom is 0.248 e. The van der Waals surface area contributed by atoms with E-state index >= 15 is 0 Å². The lowest BCUT2D eigenvalue weighted by Crippen LogP contribution is -2.39. The van der Waals surface area contributed by atoms with Crippen LogP contribution in [0.1, 0.15) is 33.3 Å². The topological polar surface area (TPSA) is 50.8 Å². The predicted molar refractivity (Wildman–Crippen MR) is 119 cm³/mol. The average Bonchev–Trinajstić information content (AvgIpc) is 2.68. The van der Waals surface area contributed by atoms with Crippen molar-refractivity contribution in [1.82, 2.24) is 4.90 Å². The molecule has 0 aliphatic carbocycles. The van der Waals surface area contributed by atoms with Crippen LogP contribution in [0.3, 0.4) is 0 Å². The molecule has 2 aromatic rings. The highest BCUT2D eigenvalue weighted by atomic mass is 19.1. The maximum atomic E-state index is 13.3. The number of rotatable bonds is 10. The summed E-state index contributed by atoms with van der Waals surface area (Å²) in [6.07, 6.45) is 2.55. The monoisotopic (exact) mass is 432 g/mol. The van der Waals surface area contributed by atoms with E-state index in [4.69, 9.17) is 9.47 Å². The smallest absolute Gasteiger partial charge is 0.248 e. The van der Waals surface area contributed by atoms with Crippen LogP contribution >= 0.6 is 0 Å². The van der Waals surface area contributed by atoms with Gasteiger partial charge in [0.15, 0.2) is 11.5 Å². The summed E-state index contributed by atoms with van der Waals surface area (Å²) in [5.41, 5.74) is 0.770. The minimum Gasteiger partial charge on any atom is -0.493 e. The molecule has 0 radical (unpaired) electrons. The largest absolute Gasteiger partial charge is 0.493 e. The van der Waals surface area contributed by atoms with Crippen LogP contribution in [-0.2, 0) is 4.79 Å². The molecule has 0 aliphatic heterocycles. The molecule has 0 saturated carbocycles. The van der Waals surface area contributed by atoms with E-state index in [1.54, 1.807) is 25.3 Å². The molecule has 0 fully saturated rings. The van der Waals surface area contributed by atoms with Gasteiger partial charge in [0.2, 0.25) is 5.91 Å². The second-order valence-electron chi connectivity index (χ2n) is 7.66. The summed E-state index contributed by atoms with van der Waals surface area (Å²) in [6, 6.07) is 8.93. The van der Waals surface area contributed by atoms with Gasteiger partial charge in [0.1, 0.15) is 18.2 Å². The second kappa shape index (κ2) is 11.5. The van der Waals surface area contributed by atoms with Crippen LogP contribution in [0.2, 0.25) is 0 Å². The standard InChI is InChI=1S/C24H30F2N2O3/c1-16(2)28(17(3)4)10-11-31-23-15-21(7-8-22(23)30-5)27-24(29)9-6-18-12-19(25)14-20(26)13-18/h6-9,12-17H,10-11H2,1-5H3,(H,27,29)/b9-6+. The van der Waals surface area contributed by atoms with Crippen LogP contribution in [0.25, 0.3) is 6.08 Å². The molecule has 2 rings (SSSR count). The van der Waals surface area contributed by atoms with Gasteiger partial charge in [0, 0.05) is 42.5 Å². The van der Waals surface area contributed by atoms with Crippen molar-refractivity contribution >= 4 is 17.7 Å². The summed E-state index contributed by atoms with van der Waals surface area (Å²) < 4.78 is 37.8. The van der Waals surface area contributed by atoms with Crippen LogP contribution in [0, 0.1) is 11.6 Å². The summed E-state index contributed by atoms with van der Waals surface area (Å²) in [4.78, 5) is 14.5. The molecule has 0 aliphatic rings. The zero-order valence-corrected chi connectivity index (χ0v) is 18.6. The molecule has 0 aromatic heterocycles. The molecule has 0 atom stereocenters. The lowest BCUT2D eigenvalue weighted by Gasteiger charge is -2.30. The van der Waals surface area contributed by atoms with E-state index in [1.165, 1.54) is 12.2 Å². The third-order valence-electron chi connectivity index (χ3n) is 4.68. The molecule has 0 saturated heterocycles. The number of ether oxygens (including phenoxy) is 2. The van der Waals surface area contributed by atoms with Crippen molar-refractivity contribution in [3.63, 3.8) is 0 Å². The summed E-state index contributed by atoms with van der Waals surface area (Å²) in [6.45, 7) is 9.78. The van der Waals surface area contributed by atoms with Gasteiger partial charge < -0.3 is 14.8 Å². The van der Waals surface area contributed by atoms with Crippen molar-refractivity contribution in [3.05, 3.63) is 59.7 Å². The summed E-state index contributed by atoms with van der Waals surface area (Å²) in [7, 11) is 1.55. The first-order valence-corrected chi connectivity index (χ1v) is 10.2. The number of nitrogens with zero attached hydrogens (tertiary/aromatic N) is 1. The first-order valence-electron chi connectivity index (χ1n) is 10.2. The Morgan fingerprint density at radius 2 is 1.68 bits per heavy atom. The molecule has 7 heteroatoms. The van der Waals surface area contributed by atoms with Gasteiger partial charge in [0.25, 0.3) is 0 Å². The zero-order valence-electron chi connectivity index (χ0n) is 18.6. The molecule has 168 valence electrons. The number of carbonyl (C=O) groups excluding carboxylic acids is 1. The molecule has 1 amide bonds. The van der Waals surface area contributed by atoms with Crippen LogP contribution in [-0.4, -0.2) is 43.2 Å². The molecular weight excluding hydrogens is 402 g/mol. The van der Waals surface area contributed by atoms with Crippen molar-refractivity contribution in [2.45, 2.75) is 39.8 Å². The Morgan fingerprint density at radius 3 is 2.26 bits per heavy atom. The normalized spacial score (nSPS) is 11.5. The van der Waals surface area contributed by atoms with E-state index in [-0.39, 0.29) is 5.56 Å². The summed E-state index contributed by atoms with van der Waals surface area (Å²) in [5.74, 6) is -0.768. The Labute approximate surface area is 182 Å². The number of benzene rings is 2. The number of anilines is 1. The van der Waals surface area contributed by atoms with Gasteiger partial charge in [0.05, 0.1) is 7.11 Å². The van der Waals surface area contributed by atoms with Gasteiger partial charge in [-0.1, -0.05) is 0 Å².